The molecule has 246 valence electrons. The van der Waals surface area contributed by atoms with Crippen LogP contribution in [0.15, 0.2) is 99.3 Å². The third-order valence-electron chi connectivity index (χ3n) is 7.05. The van der Waals surface area contributed by atoms with Crippen molar-refractivity contribution in [1.29, 1.82) is 0 Å². The first kappa shape index (κ1) is 35.6. The third kappa shape index (κ3) is 9.18. The summed E-state index contributed by atoms with van der Waals surface area (Å²) in [6.07, 6.45) is 0. The summed E-state index contributed by atoms with van der Waals surface area (Å²) in [6.45, 7) is 6.31. The molecule has 2 atom stereocenters. The number of carbonyl (C=O) groups is 4. The topological polar surface area (TPSA) is 151 Å². The number of Topliss-reactive ketones (excluding diaryl/α,β-unsaturated/α-hetero) is 2. The maximum atomic E-state index is 12.9. The number of amides is 2. The van der Waals surface area contributed by atoms with Crippen molar-refractivity contribution in [3.8, 4) is 16.9 Å². The van der Waals surface area contributed by atoms with E-state index in [2.05, 4.69) is 31.1 Å². The molecule has 0 radical (unpaired) electrons. The molecule has 0 aliphatic carbocycles. The average Bonchev–Trinajstić information content (AvgIpc) is 3.04. The van der Waals surface area contributed by atoms with Crippen LogP contribution in [0, 0.1) is 13.8 Å². The molecule has 11 nitrogen and oxygen atoms in total. The monoisotopic (exact) mass is 686 g/mol. The first-order valence-electron chi connectivity index (χ1n) is 14.6. The molecule has 0 spiro atoms. The Kier molecular flexibility index (Phi) is 11.9. The number of anilines is 2. The van der Waals surface area contributed by atoms with Gasteiger partial charge in [0.25, 0.3) is 11.8 Å². The summed E-state index contributed by atoms with van der Waals surface area (Å²) in [5.41, 5.74) is 4.80. The molecular formula is C35H32Cl2N6O5. The summed E-state index contributed by atoms with van der Waals surface area (Å²) in [7, 11) is 1.53. The van der Waals surface area contributed by atoms with Crippen LogP contribution < -0.4 is 15.4 Å². The van der Waals surface area contributed by atoms with E-state index in [-0.39, 0.29) is 21.4 Å². The highest BCUT2D eigenvalue weighted by molar-refractivity contribution is 6.34. The van der Waals surface area contributed by atoms with Gasteiger partial charge in [-0.3, -0.25) is 19.2 Å². The maximum absolute atomic E-state index is 12.9. The van der Waals surface area contributed by atoms with Crippen LogP contribution in [0.1, 0.15) is 25.0 Å². The molecule has 0 fully saturated rings. The van der Waals surface area contributed by atoms with Crippen LogP contribution >= 0.6 is 23.2 Å². The minimum atomic E-state index is -1.39. The minimum Gasteiger partial charge on any atom is -0.497 e. The molecule has 4 aromatic rings. The number of hydrogen-bond acceptors (Lipinski definition) is 9. The van der Waals surface area contributed by atoms with Crippen molar-refractivity contribution in [2.24, 2.45) is 20.5 Å². The number of carbonyl (C=O) groups excluding carboxylic acids is 4. The van der Waals surface area contributed by atoms with Gasteiger partial charge in [-0.05, 0) is 99.0 Å². The smallest absolute Gasteiger partial charge is 0.258 e. The molecule has 0 aliphatic heterocycles. The lowest BCUT2D eigenvalue weighted by molar-refractivity contribution is -0.127. The van der Waals surface area contributed by atoms with Gasteiger partial charge in [-0.2, -0.15) is 20.5 Å². The Morgan fingerprint density at radius 3 is 1.60 bits per heavy atom. The van der Waals surface area contributed by atoms with Crippen molar-refractivity contribution in [3.63, 3.8) is 0 Å². The van der Waals surface area contributed by atoms with Crippen molar-refractivity contribution < 1.29 is 23.9 Å². The van der Waals surface area contributed by atoms with Gasteiger partial charge in [-0.1, -0.05) is 53.0 Å². The van der Waals surface area contributed by atoms with E-state index in [9.17, 15) is 19.2 Å². The molecule has 4 rings (SSSR count). The van der Waals surface area contributed by atoms with E-state index in [1.54, 1.807) is 66.7 Å². The van der Waals surface area contributed by atoms with E-state index in [4.69, 9.17) is 27.9 Å². The Morgan fingerprint density at radius 2 is 1.17 bits per heavy atom. The highest BCUT2D eigenvalue weighted by atomic mass is 35.5. The van der Waals surface area contributed by atoms with Crippen LogP contribution in [-0.2, 0) is 19.2 Å². The number of azo groups is 2. The Labute approximate surface area is 287 Å². The number of nitrogens with zero attached hydrogens (tertiary/aromatic N) is 4. The number of ketones is 2. The van der Waals surface area contributed by atoms with Crippen LogP contribution in [0.3, 0.4) is 0 Å². The Hall–Kier alpha value is -5.26. The van der Waals surface area contributed by atoms with E-state index in [0.29, 0.717) is 28.3 Å². The van der Waals surface area contributed by atoms with Gasteiger partial charge in [0, 0.05) is 11.4 Å². The Balaban J connectivity index is 1.46. The molecule has 2 amide bonds. The largest absolute Gasteiger partial charge is 0.497 e. The van der Waals surface area contributed by atoms with Crippen molar-refractivity contribution in [2.45, 2.75) is 39.8 Å². The number of nitrogens with one attached hydrogen (secondary N) is 2. The highest BCUT2D eigenvalue weighted by Gasteiger charge is 2.25. The number of methoxy groups -OCH3 is 1. The normalized spacial score (nSPS) is 12.5. The van der Waals surface area contributed by atoms with Crippen molar-refractivity contribution in [2.75, 3.05) is 17.7 Å². The molecular weight excluding hydrogens is 655 g/mol. The first-order chi connectivity index (χ1) is 22.9. The number of halogens is 2. The van der Waals surface area contributed by atoms with Gasteiger partial charge in [0.15, 0.2) is 11.6 Å². The lowest BCUT2D eigenvalue weighted by atomic mass is 10.0. The molecule has 0 saturated heterocycles. The zero-order chi connectivity index (χ0) is 35.0. The van der Waals surface area contributed by atoms with Gasteiger partial charge in [0.2, 0.25) is 12.1 Å². The lowest BCUT2D eigenvalue weighted by Crippen LogP contribution is -2.32. The molecule has 0 aliphatic rings. The van der Waals surface area contributed by atoms with Gasteiger partial charge in [-0.15, -0.1) is 0 Å². The fourth-order valence-electron chi connectivity index (χ4n) is 4.45. The molecule has 0 aromatic heterocycles. The highest BCUT2D eigenvalue weighted by Crippen LogP contribution is 2.35. The standard InChI is InChI=1S/C35H32Cl2N6O5/c1-19-6-13-29(20(2)16-19)39-35(47)33(22(4)45)43-41-31-15-8-24(18-28(31)37)23-7-14-30(27(36)17-23)40-42-32(21(3)44)34(46)38-25-9-11-26(48-5)12-10-25/h6-18,32-33H,1-5H3,(H,38,46)(H,39,47). The maximum Gasteiger partial charge on any atom is 0.258 e. The van der Waals surface area contributed by atoms with Crippen LogP contribution in [0.5, 0.6) is 5.75 Å². The summed E-state index contributed by atoms with van der Waals surface area (Å²) in [6, 6.07) is 19.3. The van der Waals surface area contributed by atoms with E-state index in [1.807, 2.05) is 26.0 Å². The minimum absolute atomic E-state index is 0.216. The van der Waals surface area contributed by atoms with Gasteiger partial charge in [0.05, 0.1) is 17.2 Å². The van der Waals surface area contributed by atoms with E-state index < -0.39 is 35.5 Å². The molecule has 0 bridgehead atoms. The lowest BCUT2D eigenvalue weighted by Gasteiger charge is -2.12. The summed E-state index contributed by atoms with van der Waals surface area (Å²) < 4.78 is 5.11. The van der Waals surface area contributed by atoms with Crippen LogP contribution in [0.25, 0.3) is 11.1 Å². The van der Waals surface area contributed by atoms with Gasteiger partial charge < -0.3 is 15.4 Å². The number of benzene rings is 4. The van der Waals surface area contributed by atoms with Crippen molar-refractivity contribution >= 4 is 69.3 Å². The molecule has 2 unspecified atom stereocenters. The zero-order valence-electron chi connectivity index (χ0n) is 26.7. The molecule has 2 N–H and O–H groups in total. The molecule has 13 heteroatoms. The fraction of sp³-hybridized carbons (Fsp3) is 0.200. The van der Waals surface area contributed by atoms with Crippen LogP contribution in [0.2, 0.25) is 10.0 Å². The predicted octanol–water partition coefficient (Wildman–Crippen LogP) is 8.65. The van der Waals surface area contributed by atoms with E-state index in [1.165, 1.54) is 21.0 Å². The van der Waals surface area contributed by atoms with Gasteiger partial charge in [0.1, 0.15) is 17.1 Å². The van der Waals surface area contributed by atoms with Crippen molar-refractivity contribution in [1.82, 2.24) is 0 Å². The number of rotatable bonds is 12. The third-order valence-corrected chi connectivity index (χ3v) is 7.66. The molecule has 4 aromatic carbocycles. The quantitative estimate of drug-likeness (QED) is 0.113. The molecule has 0 heterocycles. The van der Waals surface area contributed by atoms with Crippen molar-refractivity contribution in [3.05, 3.63) is 100 Å². The van der Waals surface area contributed by atoms with Gasteiger partial charge >= 0.3 is 0 Å². The van der Waals surface area contributed by atoms with E-state index >= 15 is 0 Å². The molecule has 0 saturated carbocycles. The average molecular weight is 688 g/mol. The summed E-state index contributed by atoms with van der Waals surface area (Å²) in [5, 5.41) is 21.9. The second kappa shape index (κ2) is 16.0. The second-order valence-electron chi connectivity index (χ2n) is 10.8. The fourth-order valence-corrected chi connectivity index (χ4v) is 4.89. The van der Waals surface area contributed by atoms with Gasteiger partial charge in [-0.25, -0.2) is 0 Å². The number of aryl methyl sites for hydroxylation is 2. The van der Waals surface area contributed by atoms with Crippen LogP contribution in [0.4, 0.5) is 22.7 Å². The predicted molar refractivity (Wildman–Crippen MR) is 186 cm³/mol. The molecule has 48 heavy (non-hydrogen) atoms. The Bertz CT molecular complexity index is 1930. The zero-order valence-corrected chi connectivity index (χ0v) is 28.3. The summed E-state index contributed by atoms with van der Waals surface area (Å²) >= 11 is 13.0. The summed E-state index contributed by atoms with van der Waals surface area (Å²) in [5.74, 6) is -1.61. The number of hydrogen-bond donors (Lipinski definition) is 2. The van der Waals surface area contributed by atoms with E-state index in [0.717, 1.165) is 11.1 Å². The Morgan fingerprint density at radius 1 is 0.667 bits per heavy atom. The summed E-state index contributed by atoms with van der Waals surface area (Å²) in [4.78, 5) is 50.0. The SMILES string of the molecule is COc1ccc(NC(=O)C(N=Nc2ccc(-c3ccc(N=NC(C(C)=O)C(=O)Nc4ccc(C)cc4C)c(Cl)c3)cc2Cl)C(C)=O)cc1. The second-order valence-corrected chi connectivity index (χ2v) is 11.6. The van der Waals surface area contributed by atoms with Crippen LogP contribution in [-0.4, -0.2) is 42.6 Å². The number of ether oxygens (including phenoxy) is 1. The first-order valence-corrected chi connectivity index (χ1v) is 15.4.